The highest BCUT2D eigenvalue weighted by Crippen LogP contribution is 2.36. The Morgan fingerprint density at radius 3 is 2.84 bits per heavy atom. The average molecular weight is 441 g/mol. The number of aromatic nitrogens is 6. The van der Waals surface area contributed by atoms with Crippen molar-refractivity contribution in [2.75, 3.05) is 18.0 Å². The second-order valence-corrected chi connectivity index (χ2v) is 7.52. The number of fused-ring (bicyclic) bond motifs is 1. The van der Waals surface area contributed by atoms with Crippen LogP contribution in [0.15, 0.2) is 52.6 Å². The Labute approximate surface area is 178 Å². The molecule has 0 saturated carbocycles. The fourth-order valence-corrected chi connectivity index (χ4v) is 3.60. The lowest BCUT2D eigenvalue weighted by atomic mass is 10.2. The lowest BCUT2D eigenvalue weighted by Gasteiger charge is -2.19. The zero-order valence-corrected chi connectivity index (χ0v) is 16.7. The van der Waals surface area contributed by atoms with Gasteiger partial charge in [0.15, 0.2) is 11.8 Å². The minimum absolute atomic E-state index is 0.0871. The van der Waals surface area contributed by atoms with Gasteiger partial charge < -0.3 is 14.6 Å². The molecule has 32 heavy (non-hydrogen) atoms. The molecule has 0 aromatic carbocycles. The first-order valence-corrected chi connectivity index (χ1v) is 9.69. The van der Waals surface area contributed by atoms with Crippen LogP contribution in [0.3, 0.4) is 0 Å². The molecule has 1 fully saturated rings. The van der Waals surface area contributed by atoms with Gasteiger partial charge in [-0.05, 0) is 18.6 Å². The Balaban J connectivity index is 1.52. The van der Waals surface area contributed by atoms with Gasteiger partial charge in [0.1, 0.15) is 5.69 Å². The third kappa shape index (κ3) is 3.49. The molecule has 2 N–H and O–H groups in total. The van der Waals surface area contributed by atoms with Gasteiger partial charge in [0.2, 0.25) is 5.88 Å². The molecule has 1 aliphatic rings. The predicted molar refractivity (Wildman–Crippen MR) is 110 cm³/mol. The summed E-state index contributed by atoms with van der Waals surface area (Å²) in [6.07, 6.45) is 4.36. The number of nitrogens with one attached hydrogen (secondary N) is 2. The fourth-order valence-electron chi connectivity index (χ4n) is 3.60. The van der Waals surface area contributed by atoms with Crippen LogP contribution < -0.4 is 20.9 Å². The van der Waals surface area contributed by atoms with Crippen molar-refractivity contribution < 1.29 is 13.5 Å². The summed E-state index contributed by atoms with van der Waals surface area (Å²) in [5.41, 5.74) is 0.560. The molecule has 4 aromatic heterocycles. The topological polar surface area (TPSA) is 121 Å². The van der Waals surface area contributed by atoms with Crippen LogP contribution in [0.4, 0.5) is 14.5 Å². The lowest BCUT2D eigenvalue weighted by Crippen LogP contribution is -2.36. The molecule has 0 radical (unpaired) electrons. The Hall–Kier alpha value is -4.09. The van der Waals surface area contributed by atoms with E-state index in [-0.39, 0.29) is 23.7 Å². The summed E-state index contributed by atoms with van der Waals surface area (Å²) in [6.45, 7) is 1.10. The number of H-pyrrole nitrogens is 2. The number of rotatable bonds is 4. The van der Waals surface area contributed by atoms with Crippen LogP contribution in [0, 0.1) is 6.92 Å². The first kappa shape index (κ1) is 19.8. The highest BCUT2D eigenvalue weighted by atomic mass is 19.3. The molecule has 1 saturated heterocycles. The van der Waals surface area contributed by atoms with Crippen molar-refractivity contribution in [1.29, 1.82) is 0 Å². The fraction of sp³-hybridized carbons (Fsp3) is 0.250. The number of halogens is 2. The quantitative estimate of drug-likeness (QED) is 0.491. The van der Waals surface area contributed by atoms with Gasteiger partial charge in [-0.2, -0.15) is 5.10 Å². The van der Waals surface area contributed by atoms with Crippen molar-refractivity contribution in [3.8, 4) is 17.1 Å². The summed E-state index contributed by atoms with van der Waals surface area (Å²) in [6, 6.07) is 4.78. The minimum Gasteiger partial charge on any atom is -0.466 e. The second-order valence-electron chi connectivity index (χ2n) is 7.52. The first-order valence-electron chi connectivity index (χ1n) is 9.69. The van der Waals surface area contributed by atoms with Crippen LogP contribution in [0.1, 0.15) is 5.56 Å². The number of aryl methyl sites for hydroxylation is 1. The predicted octanol–water partition coefficient (Wildman–Crippen LogP) is 1.38. The summed E-state index contributed by atoms with van der Waals surface area (Å²) in [4.78, 5) is 37.8. The maximum Gasteiger partial charge on any atom is 0.325 e. The number of anilines is 1. The lowest BCUT2D eigenvalue weighted by molar-refractivity contribution is -0.0609. The monoisotopic (exact) mass is 441 g/mol. The number of hydrogen-bond donors (Lipinski definition) is 2. The summed E-state index contributed by atoms with van der Waals surface area (Å²) in [5, 5.41) is 4.32. The van der Waals surface area contributed by atoms with E-state index in [1.165, 1.54) is 27.9 Å². The van der Waals surface area contributed by atoms with Crippen molar-refractivity contribution in [3.05, 3.63) is 69.4 Å². The molecule has 1 aliphatic heterocycles. The number of ether oxygens (including phenoxy) is 1. The van der Waals surface area contributed by atoms with Crippen LogP contribution in [0.5, 0.6) is 5.88 Å². The first-order chi connectivity index (χ1) is 15.3. The molecular weight excluding hydrogens is 424 g/mol. The van der Waals surface area contributed by atoms with Gasteiger partial charge in [-0.25, -0.2) is 28.1 Å². The summed E-state index contributed by atoms with van der Waals surface area (Å²) in [7, 11) is 0. The zero-order valence-electron chi connectivity index (χ0n) is 16.7. The second kappa shape index (κ2) is 7.25. The molecule has 4 aromatic rings. The van der Waals surface area contributed by atoms with Gasteiger partial charge in [-0.15, -0.1) is 0 Å². The van der Waals surface area contributed by atoms with Crippen molar-refractivity contribution in [1.82, 2.24) is 29.5 Å². The molecule has 5 heterocycles. The molecule has 0 unspecified atom stereocenters. The van der Waals surface area contributed by atoms with E-state index in [0.717, 1.165) is 5.56 Å². The molecule has 5 rings (SSSR count). The van der Waals surface area contributed by atoms with Crippen molar-refractivity contribution in [2.45, 2.75) is 19.0 Å². The largest absolute Gasteiger partial charge is 0.466 e. The van der Waals surface area contributed by atoms with Crippen molar-refractivity contribution >= 4 is 11.3 Å². The minimum atomic E-state index is -3.16. The molecule has 10 nitrogen and oxygen atoms in total. The van der Waals surface area contributed by atoms with E-state index in [4.69, 9.17) is 4.74 Å². The zero-order chi connectivity index (χ0) is 22.5. The van der Waals surface area contributed by atoms with Gasteiger partial charge in [0, 0.05) is 30.9 Å². The SMILES string of the molecule is Cc1ccc(O[C@@H]2CN(c3cc(-c4c[nH]c(=O)[nH]c4=O)nn4ccnc34)CC2(F)F)nc1. The van der Waals surface area contributed by atoms with Crippen LogP contribution in [-0.2, 0) is 0 Å². The van der Waals surface area contributed by atoms with E-state index in [0.29, 0.717) is 11.3 Å². The van der Waals surface area contributed by atoms with E-state index < -0.39 is 29.8 Å². The number of alkyl halides is 2. The van der Waals surface area contributed by atoms with E-state index in [1.54, 1.807) is 24.5 Å². The number of hydrogen-bond acceptors (Lipinski definition) is 7. The molecule has 164 valence electrons. The standard InChI is InChI=1S/C20H17F2N7O3/c1-11-2-3-16(24-7-11)32-15-9-28(10-20(15,21)22)14-6-13(27-29-5-4-23-17(14)29)12-8-25-19(31)26-18(12)30/h2-8,15H,9-10H2,1H3,(H2,25,26,30,31)/t15-/m1/s1. The van der Waals surface area contributed by atoms with Crippen LogP contribution in [-0.4, -0.2) is 54.7 Å². The third-order valence-corrected chi connectivity index (χ3v) is 5.18. The highest BCUT2D eigenvalue weighted by Gasteiger charge is 2.50. The third-order valence-electron chi connectivity index (χ3n) is 5.18. The van der Waals surface area contributed by atoms with E-state index in [1.807, 2.05) is 6.92 Å². The maximum absolute atomic E-state index is 14.8. The number of aromatic amines is 2. The summed E-state index contributed by atoms with van der Waals surface area (Å²) >= 11 is 0. The number of nitrogens with zero attached hydrogens (tertiary/aromatic N) is 5. The Morgan fingerprint density at radius 2 is 2.09 bits per heavy atom. The number of pyridine rings is 1. The Bertz CT molecular complexity index is 1410. The molecule has 0 spiro atoms. The molecule has 1 atom stereocenters. The maximum atomic E-state index is 14.8. The molecule has 0 aliphatic carbocycles. The highest BCUT2D eigenvalue weighted by molar-refractivity contribution is 5.74. The Morgan fingerprint density at radius 1 is 1.25 bits per heavy atom. The van der Waals surface area contributed by atoms with Gasteiger partial charge >= 0.3 is 11.6 Å². The Kier molecular flexibility index (Phi) is 4.50. The van der Waals surface area contributed by atoms with Crippen molar-refractivity contribution in [3.63, 3.8) is 0 Å². The normalized spacial score (nSPS) is 17.7. The van der Waals surface area contributed by atoms with Gasteiger partial charge in [0.25, 0.3) is 5.56 Å². The van der Waals surface area contributed by atoms with Gasteiger partial charge in [-0.3, -0.25) is 9.78 Å². The van der Waals surface area contributed by atoms with Crippen molar-refractivity contribution in [2.24, 2.45) is 0 Å². The van der Waals surface area contributed by atoms with Crippen LogP contribution >= 0.6 is 0 Å². The molecular formula is C20H17F2N7O3. The molecule has 0 bridgehead atoms. The molecule has 0 amide bonds. The smallest absolute Gasteiger partial charge is 0.325 e. The van der Waals surface area contributed by atoms with Crippen LogP contribution in [0.2, 0.25) is 0 Å². The summed E-state index contributed by atoms with van der Waals surface area (Å²) in [5.74, 6) is -3.04. The molecule has 12 heteroatoms. The van der Waals surface area contributed by atoms with E-state index in [2.05, 4.69) is 25.0 Å². The van der Waals surface area contributed by atoms with E-state index >= 15 is 0 Å². The van der Waals surface area contributed by atoms with Gasteiger partial charge in [-0.1, -0.05) is 6.07 Å². The van der Waals surface area contributed by atoms with E-state index in [9.17, 15) is 18.4 Å². The average Bonchev–Trinajstić information content (AvgIpc) is 3.33. The summed E-state index contributed by atoms with van der Waals surface area (Å²) < 4.78 is 36.6. The number of imidazole rings is 1. The van der Waals surface area contributed by atoms with Crippen LogP contribution in [0.25, 0.3) is 16.9 Å². The van der Waals surface area contributed by atoms with Gasteiger partial charge in [0.05, 0.1) is 24.3 Å².